The van der Waals surface area contributed by atoms with Crippen LogP contribution in [-0.4, -0.2) is 5.91 Å². The van der Waals surface area contributed by atoms with Gasteiger partial charge in [-0.25, -0.2) is 0 Å². The predicted molar refractivity (Wildman–Crippen MR) is 73.5 cm³/mol. The van der Waals surface area contributed by atoms with Gasteiger partial charge in [-0.1, -0.05) is 17.7 Å². The van der Waals surface area contributed by atoms with Gasteiger partial charge in [-0.2, -0.15) is 0 Å². The molecule has 92 valence electrons. The maximum absolute atomic E-state index is 11.8. The Kier molecular flexibility index (Phi) is 4.86. The smallest absolute Gasteiger partial charge is 0.265 e. The lowest BCUT2D eigenvalue weighted by Crippen LogP contribution is -2.17. The van der Waals surface area contributed by atoms with Crippen molar-refractivity contribution in [3.8, 4) is 0 Å². The Balaban J connectivity index is 2.88. The fraction of sp³-hybridized carbons (Fsp3) is 0.182. The molecule has 1 aromatic rings. The molecule has 0 fully saturated rings. The van der Waals surface area contributed by atoms with Crippen LogP contribution in [-0.2, 0) is 4.79 Å². The molecule has 1 rings (SSSR count). The third kappa shape index (κ3) is 3.66. The molecule has 0 radical (unpaired) electrons. The van der Waals surface area contributed by atoms with Gasteiger partial charge in [0.05, 0.1) is 0 Å². The maximum atomic E-state index is 11.8. The summed E-state index contributed by atoms with van der Waals surface area (Å²) in [5, 5.41) is 8.65. The van der Waals surface area contributed by atoms with E-state index in [1.54, 1.807) is 19.1 Å². The van der Waals surface area contributed by atoms with E-state index in [2.05, 4.69) is 5.32 Å². The van der Waals surface area contributed by atoms with Gasteiger partial charge in [-0.3, -0.25) is 9.93 Å². The van der Waals surface area contributed by atoms with Crippen LogP contribution in [0.25, 0.3) is 0 Å². The van der Waals surface area contributed by atoms with Crippen LogP contribution < -0.4 is 16.2 Å². The van der Waals surface area contributed by atoms with E-state index in [1.807, 2.05) is 13.0 Å². The van der Waals surface area contributed by atoms with E-state index in [0.717, 1.165) is 17.5 Å². The summed E-state index contributed by atoms with van der Waals surface area (Å²) in [5.41, 5.74) is 7.49. The number of hydrogen-bond acceptors (Lipinski definition) is 4. The molecular formula is C11H14ClN3OS. The van der Waals surface area contributed by atoms with Gasteiger partial charge in [-0.15, -0.1) is 0 Å². The van der Waals surface area contributed by atoms with E-state index in [4.69, 9.17) is 22.5 Å². The van der Waals surface area contributed by atoms with Crippen molar-refractivity contribution in [3.63, 3.8) is 0 Å². The minimum atomic E-state index is -0.336. The number of anilines is 1. The van der Waals surface area contributed by atoms with E-state index < -0.39 is 0 Å². The lowest BCUT2D eigenvalue weighted by molar-refractivity contribution is -0.112. The van der Waals surface area contributed by atoms with Crippen LogP contribution >= 0.6 is 23.5 Å². The molecule has 1 amide bonds. The molecule has 0 saturated heterocycles. The summed E-state index contributed by atoms with van der Waals surface area (Å²) < 4.78 is 0. The second kappa shape index (κ2) is 5.95. The first-order valence-electron chi connectivity index (χ1n) is 4.86. The van der Waals surface area contributed by atoms with E-state index >= 15 is 0 Å². The van der Waals surface area contributed by atoms with E-state index in [0.29, 0.717) is 21.3 Å². The monoisotopic (exact) mass is 271 g/mol. The molecule has 0 saturated carbocycles. The van der Waals surface area contributed by atoms with Crippen molar-refractivity contribution < 1.29 is 4.79 Å². The molecule has 1 aromatic carbocycles. The minimum absolute atomic E-state index is 0.293. The first-order valence-corrected chi connectivity index (χ1v) is 6.12. The largest absolute Gasteiger partial charge is 0.401 e. The van der Waals surface area contributed by atoms with Gasteiger partial charge in [-0.05, 0) is 43.5 Å². The van der Waals surface area contributed by atoms with Gasteiger partial charge >= 0.3 is 0 Å². The number of carbonyl (C=O) groups excluding carboxylic acids is 1. The number of hydrogen-bond donors (Lipinski definition) is 3. The molecule has 0 atom stereocenters. The van der Waals surface area contributed by atoms with Crippen molar-refractivity contribution in [3.05, 3.63) is 39.4 Å². The van der Waals surface area contributed by atoms with Crippen molar-refractivity contribution in [1.29, 1.82) is 0 Å². The molecule has 0 aliphatic rings. The summed E-state index contributed by atoms with van der Waals surface area (Å²) >= 11 is 6.78. The molecular weight excluding hydrogens is 258 g/mol. The zero-order valence-electron chi connectivity index (χ0n) is 9.58. The quantitative estimate of drug-likeness (QED) is 0.582. The van der Waals surface area contributed by atoms with Gasteiger partial charge in [0.2, 0.25) is 0 Å². The summed E-state index contributed by atoms with van der Waals surface area (Å²) in [6, 6.07) is 5.27. The topological polar surface area (TPSA) is 81.1 Å². The summed E-state index contributed by atoms with van der Waals surface area (Å²) in [6.45, 7) is 3.51. The fourth-order valence-corrected chi connectivity index (χ4v) is 1.71. The predicted octanol–water partition coefficient (Wildman–Crippen LogP) is 2.38. The standard InChI is InChI=1S/C11H14ClN3OS/c1-6-3-4-8(5-9(6)12)15-11(16)10(17-14)7(2)13/h3-5H,13-14H2,1-2H3,(H,15,16)/b10-7-. The second-order valence-corrected chi connectivity index (χ2v) is 4.60. The van der Waals surface area contributed by atoms with Crippen LogP contribution in [0, 0.1) is 6.92 Å². The normalized spacial score (nSPS) is 12.0. The Morgan fingerprint density at radius 1 is 1.47 bits per heavy atom. The highest BCUT2D eigenvalue weighted by Gasteiger charge is 2.11. The second-order valence-electron chi connectivity index (χ2n) is 3.55. The number of aryl methyl sites for hydroxylation is 1. The zero-order valence-corrected chi connectivity index (χ0v) is 11.2. The van der Waals surface area contributed by atoms with Crippen molar-refractivity contribution in [2.24, 2.45) is 10.9 Å². The third-order valence-corrected chi connectivity index (χ3v) is 3.26. The van der Waals surface area contributed by atoms with Crippen LogP contribution in [0.3, 0.4) is 0 Å². The van der Waals surface area contributed by atoms with Crippen LogP contribution in [0.2, 0.25) is 5.02 Å². The molecule has 0 unspecified atom stereocenters. The van der Waals surface area contributed by atoms with Gasteiger partial charge in [0.15, 0.2) is 0 Å². The van der Waals surface area contributed by atoms with Crippen molar-refractivity contribution in [1.82, 2.24) is 0 Å². The van der Waals surface area contributed by atoms with Crippen molar-refractivity contribution in [2.45, 2.75) is 13.8 Å². The SMILES string of the molecule is C/C(N)=C(/SN)C(=O)Nc1ccc(C)c(Cl)c1. The van der Waals surface area contributed by atoms with Crippen LogP contribution in [0.1, 0.15) is 12.5 Å². The van der Waals surface area contributed by atoms with Gasteiger partial charge in [0.25, 0.3) is 5.91 Å². The van der Waals surface area contributed by atoms with Crippen molar-refractivity contribution in [2.75, 3.05) is 5.32 Å². The maximum Gasteiger partial charge on any atom is 0.265 e. The summed E-state index contributed by atoms with van der Waals surface area (Å²) in [7, 11) is 0. The molecule has 6 heteroatoms. The van der Waals surface area contributed by atoms with Gasteiger partial charge in [0, 0.05) is 16.4 Å². The summed E-state index contributed by atoms with van der Waals surface area (Å²) in [6.07, 6.45) is 0. The Hall–Kier alpha value is -1.17. The van der Waals surface area contributed by atoms with E-state index in [-0.39, 0.29) is 5.91 Å². The molecule has 5 N–H and O–H groups in total. The fourth-order valence-electron chi connectivity index (χ4n) is 1.18. The van der Waals surface area contributed by atoms with E-state index in [9.17, 15) is 4.79 Å². The number of nitrogens with one attached hydrogen (secondary N) is 1. The average Bonchev–Trinajstić information content (AvgIpc) is 2.24. The van der Waals surface area contributed by atoms with E-state index in [1.165, 1.54) is 0 Å². The highest BCUT2D eigenvalue weighted by molar-refractivity contribution is 8.01. The summed E-state index contributed by atoms with van der Waals surface area (Å²) in [5.74, 6) is -0.336. The average molecular weight is 272 g/mol. The molecule has 0 aromatic heterocycles. The number of rotatable bonds is 3. The lowest BCUT2D eigenvalue weighted by Gasteiger charge is -2.09. The molecule has 4 nitrogen and oxygen atoms in total. The number of halogens is 1. The van der Waals surface area contributed by atoms with Crippen LogP contribution in [0.15, 0.2) is 28.8 Å². The van der Waals surface area contributed by atoms with Crippen LogP contribution in [0.5, 0.6) is 0 Å². The Bertz CT molecular complexity index is 470. The number of nitrogens with two attached hydrogens (primary N) is 2. The molecule has 0 aliphatic heterocycles. The van der Waals surface area contributed by atoms with Crippen LogP contribution in [0.4, 0.5) is 5.69 Å². The van der Waals surface area contributed by atoms with Gasteiger partial charge in [0.1, 0.15) is 4.91 Å². The Labute approximate surface area is 110 Å². The molecule has 0 spiro atoms. The lowest BCUT2D eigenvalue weighted by atomic mass is 10.2. The Morgan fingerprint density at radius 3 is 2.59 bits per heavy atom. The first-order chi connectivity index (χ1) is 7.95. The first kappa shape index (κ1) is 13.9. The zero-order chi connectivity index (χ0) is 13.0. The molecule has 0 heterocycles. The number of allylic oxidation sites excluding steroid dienone is 1. The highest BCUT2D eigenvalue weighted by atomic mass is 35.5. The minimum Gasteiger partial charge on any atom is -0.401 e. The number of benzene rings is 1. The molecule has 0 bridgehead atoms. The third-order valence-electron chi connectivity index (χ3n) is 2.11. The van der Waals surface area contributed by atoms with Crippen molar-refractivity contribution >= 4 is 35.1 Å². The van der Waals surface area contributed by atoms with Gasteiger partial charge < -0.3 is 11.1 Å². The summed E-state index contributed by atoms with van der Waals surface area (Å²) in [4.78, 5) is 12.1. The molecule has 0 aliphatic carbocycles. The Morgan fingerprint density at radius 2 is 2.12 bits per heavy atom. The number of amides is 1. The highest BCUT2D eigenvalue weighted by Crippen LogP contribution is 2.21. The molecule has 17 heavy (non-hydrogen) atoms. The number of carbonyl (C=O) groups is 1.